The highest BCUT2D eigenvalue weighted by molar-refractivity contribution is 6.77. The second-order valence-electron chi connectivity index (χ2n) is 7.67. The smallest absolute Gasteiger partial charge is 0.319 e. The van der Waals surface area contributed by atoms with Gasteiger partial charge in [0.05, 0.1) is 0 Å². The minimum absolute atomic E-state index is 0.246. The first kappa shape index (κ1) is 24.2. The molecule has 0 aliphatic carbocycles. The average molecular weight is 424 g/mol. The van der Waals surface area contributed by atoms with E-state index in [0.717, 1.165) is 24.4 Å². The lowest BCUT2D eigenvalue weighted by Gasteiger charge is -2.25. The number of aryl methyl sites for hydroxylation is 1. The van der Waals surface area contributed by atoms with Crippen molar-refractivity contribution < 1.29 is 13.7 Å². The molecule has 0 saturated carbocycles. The molecule has 1 aromatic rings. The summed E-state index contributed by atoms with van der Waals surface area (Å²) in [5.74, 6) is 0. The van der Waals surface area contributed by atoms with Crippen LogP contribution in [0.5, 0.6) is 0 Å². The number of anilines is 2. The van der Waals surface area contributed by atoms with Crippen molar-refractivity contribution >= 4 is 40.8 Å². The Hall–Kier alpha value is -1.85. The lowest BCUT2D eigenvalue weighted by molar-refractivity contribution is 0.251. The molecule has 28 heavy (non-hydrogen) atoms. The van der Waals surface area contributed by atoms with Crippen LogP contribution in [0.25, 0.3) is 0 Å². The zero-order valence-corrected chi connectivity index (χ0v) is 20.0. The van der Waals surface area contributed by atoms with E-state index in [2.05, 4.69) is 47.5 Å². The standard InChI is InChI=1S/C19H35N4O3Si2/c1-7-11-20-19(25)23-17-14-16(10-9-15(17)2)22-18(24)21-12-8-13-28(5,6)26-27(3)4/h9-10,14H,7-8,11-13H2,1-6H3,(H2,20,23,25)(H2,21,22,24). The molecular formula is C19H35N4O3Si2. The Morgan fingerprint density at radius 3 is 2.36 bits per heavy atom. The summed E-state index contributed by atoms with van der Waals surface area (Å²) in [5.41, 5.74) is 2.24. The first-order chi connectivity index (χ1) is 13.1. The van der Waals surface area contributed by atoms with Gasteiger partial charge in [-0.05, 0) is 69.7 Å². The number of hydrogen-bond acceptors (Lipinski definition) is 3. The summed E-state index contributed by atoms with van der Waals surface area (Å²) in [4.78, 5) is 24.0. The summed E-state index contributed by atoms with van der Waals surface area (Å²) in [6.07, 6.45) is 1.78. The van der Waals surface area contributed by atoms with Gasteiger partial charge < -0.3 is 25.4 Å². The summed E-state index contributed by atoms with van der Waals surface area (Å²) < 4.78 is 6.09. The SMILES string of the molecule is CCCNC(=O)Nc1cc(NC(=O)NCCC[Si](C)(C)O[Si](C)C)ccc1C. The van der Waals surface area contributed by atoms with Crippen molar-refractivity contribution in [1.82, 2.24) is 10.6 Å². The number of carbonyl (C=O) groups excluding carboxylic acids is 2. The van der Waals surface area contributed by atoms with Crippen molar-refractivity contribution in [1.29, 1.82) is 0 Å². The topological polar surface area (TPSA) is 91.5 Å². The van der Waals surface area contributed by atoms with Crippen LogP contribution < -0.4 is 21.3 Å². The maximum Gasteiger partial charge on any atom is 0.319 e. The molecule has 4 amide bonds. The van der Waals surface area contributed by atoms with Crippen LogP contribution >= 0.6 is 0 Å². The van der Waals surface area contributed by atoms with Crippen LogP contribution in [0.1, 0.15) is 25.3 Å². The first-order valence-corrected chi connectivity index (χ1v) is 15.3. The summed E-state index contributed by atoms with van der Waals surface area (Å²) in [7, 11) is -2.30. The van der Waals surface area contributed by atoms with Gasteiger partial charge >= 0.3 is 12.1 Å². The van der Waals surface area contributed by atoms with Gasteiger partial charge in [0.1, 0.15) is 0 Å². The molecule has 0 bridgehead atoms. The van der Waals surface area contributed by atoms with E-state index in [-0.39, 0.29) is 12.1 Å². The molecule has 1 radical (unpaired) electrons. The van der Waals surface area contributed by atoms with Gasteiger partial charge in [0.2, 0.25) is 0 Å². The maximum absolute atomic E-state index is 12.1. The second-order valence-corrected chi connectivity index (χ2v) is 14.3. The zero-order valence-electron chi connectivity index (χ0n) is 18.0. The lowest BCUT2D eigenvalue weighted by Crippen LogP contribution is -2.36. The van der Waals surface area contributed by atoms with E-state index < -0.39 is 17.4 Å². The quantitative estimate of drug-likeness (QED) is 0.329. The number of nitrogens with one attached hydrogen (secondary N) is 4. The van der Waals surface area contributed by atoms with E-state index in [1.165, 1.54) is 0 Å². The fourth-order valence-corrected chi connectivity index (χ4v) is 8.59. The third kappa shape index (κ3) is 9.91. The second kappa shape index (κ2) is 11.9. The molecule has 157 valence electrons. The Bertz CT molecular complexity index is 654. The van der Waals surface area contributed by atoms with E-state index >= 15 is 0 Å². The highest BCUT2D eigenvalue weighted by atomic mass is 28.4. The van der Waals surface area contributed by atoms with Gasteiger partial charge in [-0.1, -0.05) is 13.0 Å². The number of amides is 4. The van der Waals surface area contributed by atoms with Crippen molar-refractivity contribution in [2.24, 2.45) is 0 Å². The van der Waals surface area contributed by atoms with Gasteiger partial charge in [-0.25, -0.2) is 9.59 Å². The molecule has 4 N–H and O–H groups in total. The van der Waals surface area contributed by atoms with Crippen LogP contribution in [-0.4, -0.2) is 42.5 Å². The number of rotatable bonds is 10. The number of benzene rings is 1. The van der Waals surface area contributed by atoms with Gasteiger partial charge in [-0.2, -0.15) is 0 Å². The van der Waals surface area contributed by atoms with Crippen LogP contribution in [0.4, 0.5) is 21.0 Å². The predicted molar refractivity (Wildman–Crippen MR) is 121 cm³/mol. The van der Waals surface area contributed by atoms with E-state index in [4.69, 9.17) is 4.12 Å². The zero-order chi connectivity index (χ0) is 21.2. The number of urea groups is 2. The third-order valence-corrected chi connectivity index (χ3v) is 9.40. The fourth-order valence-electron chi connectivity index (χ4n) is 2.73. The Labute approximate surface area is 171 Å². The molecule has 1 aromatic carbocycles. The van der Waals surface area contributed by atoms with E-state index in [9.17, 15) is 9.59 Å². The third-order valence-electron chi connectivity index (χ3n) is 4.00. The molecule has 0 aliphatic rings. The van der Waals surface area contributed by atoms with Crippen molar-refractivity contribution in [3.8, 4) is 0 Å². The van der Waals surface area contributed by atoms with Crippen LogP contribution in [0, 0.1) is 6.92 Å². The van der Waals surface area contributed by atoms with Gasteiger partial charge in [-0.3, -0.25) is 0 Å². The van der Waals surface area contributed by atoms with Crippen LogP contribution in [0.2, 0.25) is 32.2 Å². The minimum Gasteiger partial charge on any atom is -0.456 e. The Balaban J connectivity index is 2.47. The van der Waals surface area contributed by atoms with E-state index in [1.807, 2.05) is 26.0 Å². The minimum atomic E-state index is -1.62. The lowest BCUT2D eigenvalue weighted by atomic mass is 10.2. The highest BCUT2D eigenvalue weighted by Gasteiger charge is 2.23. The molecule has 0 aromatic heterocycles. The summed E-state index contributed by atoms with van der Waals surface area (Å²) in [6.45, 7) is 13.9. The summed E-state index contributed by atoms with van der Waals surface area (Å²) in [5, 5.41) is 11.3. The first-order valence-electron chi connectivity index (χ1n) is 9.82. The Kier molecular flexibility index (Phi) is 10.3. The molecule has 7 nitrogen and oxygen atoms in total. The van der Waals surface area contributed by atoms with Crippen molar-refractivity contribution in [3.63, 3.8) is 0 Å². The van der Waals surface area contributed by atoms with Crippen molar-refractivity contribution in [3.05, 3.63) is 23.8 Å². The molecule has 0 aliphatic heterocycles. The van der Waals surface area contributed by atoms with Gasteiger partial charge in [-0.15, -0.1) is 0 Å². The average Bonchev–Trinajstić information content (AvgIpc) is 2.58. The van der Waals surface area contributed by atoms with Crippen LogP contribution in [0.15, 0.2) is 18.2 Å². The van der Waals surface area contributed by atoms with Gasteiger partial charge in [0.15, 0.2) is 17.4 Å². The van der Waals surface area contributed by atoms with E-state index in [0.29, 0.717) is 24.5 Å². The molecule has 0 spiro atoms. The monoisotopic (exact) mass is 423 g/mol. The summed E-state index contributed by atoms with van der Waals surface area (Å²) in [6, 6.07) is 5.97. The van der Waals surface area contributed by atoms with Crippen LogP contribution in [0.3, 0.4) is 0 Å². The van der Waals surface area contributed by atoms with Gasteiger partial charge in [0.25, 0.3) is 0 Å². The molecule has 1 rings (SSSR count). The number of hydrogen-bond donors (Lipinski definition) is 4. The van der Waals surface area contributed by atoms with Crippen molar-refractivity contribution in [2.45, 2.75) is 58.9 Å². The van der Waals surface area contributed by atoms with Crippen LogP contribution in [-0.2, 0) is 4.12 Å². The Morgan fingerprint density at radius 2 is 1.71 bits per heavy atom. The predicted octanol–water partition coefficient (Wildman–Crippen LogP) is 4.51. The molecule has 0 unspecified atom stereocenters. The maximum atomic E-state index is 12.1. The van der Waals surface area contributed by atoms with Crippen molar-refractivity contribution in [2.75, 3.05) is 23.7 Å². The molecule has 0 saturated heterocycles. The number of carbonyl (C=O) groups is 2. The molecule has 0 fully saturated rings. The summed E-state index contributed by atoms with van der Waals surface area (Å²) >= 11 is 0. The van der Waals surface area contributed by atoms with E-state index in [1.54, 1.807) is 6.07 Å². The molecule has 0 atom stereocenters. The Morgan fingerprint density at radius 1 is 1.07 bits per heavy atom. The molecule has 9 heteroatoms. The van der Waals surface area contributed by atoms with Gasteiger partial charge in [0, 0.05) is 24.5 Å². The molecular weight excluding hydrogens is 388 g/mol. The normalized spacial score (nSPS) is 11.2. The highest BCUT2D eigenvalue weighted by Crippen LogP contribution is 2.20. The molecule has 0 heterocycles. The fraction of sp³-hybridized carbons (Fsp3) is 0.579. The largest absolute Gasteiger partial charge is 0.456 e.